The molecule has 0 fully saturated rings. The molecule has 50 heavy (non-hydrogen) atoms. The van der Waals surface area contributed by atoms with Crippen molar-refractivity contribution >= 4 is 43.9 Å². The molecule has 3 aromatic heterocycles. The first-order valence-corrected chi connectivity index (χ1v) is 16.6. The highest BCUT2D eigenvalue weighted by molar-refractivity contribution is 6.15. The second-order valence-corrected chi connectivity index (χ2v) is 12.4. The van der Waals surface area contributed by atoms with Gasteiger partial charge in [0.1, 0.15) is 22.3 Å². The van der Waals surface area contributed by atoms with Crippen molar-refractivity contribution in [3.05, 3.63) is 164 Å². The Morgan fingerprint density at radius 1 is 0.280 bits per heavy atom. The number of benzene rings is 7. The zero-order valence-electron chi connectivity index (χ0n) is 26.7. The average molecular weight is 642 g/mol. The summed E-state index contributed by atoms with van der Waals surface area (Å²) in [5.74, 6) is 1.89. The average Bonchev–Trinajstić information content (AvgIpc) is 3.74. The fourth-order valence-corrected chi connectivity index (χ4v) is 6.87. The van der Waals surface area contributed by atoms with E-state index in [2.05, 4.69) is 78.9 Å². The summed E-state index contributed by atoms with van der Waals surface area (Å²) in [5.41, 5.74) is 10.6. The maximum absolute atomic E-state index is 6.31. The topological polar surface area (TPSA) is 65.0 Å². The quantitative estimate of drug-likeness (QED) is 0.187. The monoisotopic (exact) mass is 641 g/mol. The number of fused-ring (bicyclic) bond motifs is 6. The van der Waals surface area contributed by atoms with Crippen LogP contribution in [0.3, 0.4) is 0 Å². The first-order valence-electron chi connectivity index (χ1n) is 16.6. The Hall–Kier alpha value is -6.85. The van der Waals surface area contributed by atoms with Crippen molar-refractivity contribution in [1.82, 2.24) is 15.0 Å². The van der Waals surface area contributed by atoms with Crippen LogP contribution in [0.1, 0.15) is 0 Å². The molecule has 0 saturated heterocycles. The van der Waals surface area contributed by atoms with Gasteiger partial charge in [-0.05, 0) is 52.6 Å². The number of nitrogens with zero attached hydrogens (tertiary/aromatic N) is 3. The van der Waals surface area contributed by atoms with E-state index in [4.69, 9.17) is 23.8 Å². The molecule has 0 unspecified atom stereocenters. The Morgan fingerprint density at radius 2 is 0.760 bits per heavy atom. The molecule has 234 valence electrons. The van der Waals surface area contributed by atoms with Crippen LogP contribution in [0.4, 0.5) is 0 Å². The molecule has 0 aliphatic carbocycles. The van der Waals surface area contributed by atoms with Gasteiger partial charge >= 0.3 is 0 Å². The Balaban J connectivity index is 1.06. The van der Waals surface area contributed by atoms with E-state index in [-0.39, 0.29) is 0 Å². The third-order valence-corrected chi connectivity index (χ3v) is 9.37. The van der Waals surface area contributed by atoms with E-state index < -0.39 is 0 Å². The highest BCUT2D eigenvalue weighted by atomic mass is 16.3. The number of aromatic nitrogens is 3. The lowest BCUT2D eigenvalue weighted by atomic mass is 9.99. The van der Waals surface area contributed by atoms with Gasteiger partial charge in [0.05, 0.1) is 0 Å². The first-order chi connectivity index (χ1) is 24.7. The Kier molecular flexibility index (Phi) is 6.42. The lowest BCUT2D eigenvalue weighted by Gasteiger charge is -2.12. The van der Waals surface area contributed by atoms with Gasteiger partial charge in [0, 0.05) is 38.2 Å². The van der Waals surface area contributed by atoms with Crippen LogP contribution < -0.4 is 0 Å². The predicted octanol–water partition coefficient (Wildman–Crippen LogP) is 12.0. The van der Waals surface area contributed by atoms with Crippen molar-refractivity contribution < 1.29 is 8.83 Å². The van der Waals surface area contributed by atoms with Gasteiger partial charge in [-0.3, -0.25) is 0 Å². The van der Waals surface area contributed by atoms with Crippen molar-refractivity contribution in [3.63, 3.8) is 0 Å². The van der Waals surface area contributed by atoms with Crippen LogP contribution in [0.25, 0.3) is 100 Å². The highest BCUT2D eigenvalue weighted by Crippen LogP contribution is 2.38. The van der Waals surface area contributed by atoms with Crippen molar-refractivity contribution in [2.45, 2.75) is 0 Å². The van der Waals surface area contributed by atoms with Gasteiger partial charge in [-0.25, -0.2) is 15.0 Å². The largest absolute Gasteiger partial charge is 0.456 e. The minimum absolute atomic E-state index is 0.620. The molecule has 5 heteroatoms. The molecule has 0 saturated carbocycles. The molecule has 0 spiro atoms. The highest BCUT2D eigenvalue weighted by Gasteiger charge is 2.17. The molecule has 0 radical (unpaired) electrons. The Morgan fingerprint density at radius 3 is 1.48 bits per heavy atom. The molecule has 0 amide bonds. The number of rotatable bonds is 5. The fourth-order valence-electron chi connectivity index (χ4n) is 6.87. The van der Waals surface area contributed by atoms with Gasteiger partial charge in [-0.2, -0.15) is 0 Å². The van der Waals surface area contributed by atoms with Crippen molar-refractivity contribution in [2.75, 3.05) is 0 Å². The molecule has 7 aromatic carbocycles. The Labute approximate surface area is 287 Å². The number of furan rings is 2. The van der Waals surface area contributed by atoms with E-state index in [1.54, 1.807) is 0 Å². The second kappa shape index (κ2) is 11.4. The third kappa shape index (κ3) is 4.75. The summed E-state index contributed by atoms with van der Waals surface area (Å²) in [7, 11) is 0. The molecule has 0 atom stereocenters. The lowest BCUT2D eigenvalue weighted by Crippen LogP contribution is -2.01. The minimum Gasteiger partial charge on any atom is -0.456 e. The van der Waals surface area contributed by atoms with Crippen LogP contribution in [0.2, 0.25) is 0 Å². The van der Waals surface area contributed by atoms with Crippen LogP contribution in [0.5, 0.6) is 0 Å². The molecule has 0 aliphatic rings. The van der Waals surface area contributed by atoms with E-state index in [0.717, 1.165) is 82.8 Å². The van der Waals surface area contributed by atoms with E-state index >= 15 is 0 Å². The van der Waals surface area contributed by atoms with Crippen LogP contribution >= 0.6 is 0 Å². The molecular formula is C45H27N3O2. The zero-order valence-corrected chi connectivity index (χ0v) is 26.7. The minimum atomic E-state index is 0.620. The number of hydrogen-bond acceptors (Lipinski definition) is 5. The second-order valence-electron chi connectivity index (χ2n) is 12.4. The van der Waals surface area contributed by atoms with Gasteiger partial charge in [-0.1, -0.05) is 133 Å². The SMILES string of the molecule is c1ccc(-c2nc(-c3ccc(-c4ccc5oc6cc7c(cc6c5c4)oc4ccccc47)cc3)nc(-c3ccccc3-c3ccccc3)n2)cc1. The van der Waals surface area contributed by atoms with Crippen LogP contribution in [-0.4, -0.2) is 15.0 Å². The normalized spacial score (nSPS) is 11.6. The van der Waals surface area contributed by atoms with E-state index in [0.29, 0.717) is 17.5 Å². The Bertz CT molecular complexity index is 2850. The fraction of sp³-hybridized carbons (Fsp3) is 0. The summed E-state index contributed by atoms with van der Waals surface area (Å²) in [6.07, 6.45) is 0. The molecule has 0 N–H and O–H groups in total. The van der Waals surface area contributed by atoms with E-state index in [1.165, 1.54) is 0 Å². The zero-order chi connectivity index (χ0) is 33.0. The van der Waals surface area contributed by atoms with Gasteiger partial charge < -0.3 is 8.83 Å². The van der Waals surface area contributed by atoms with Crippen LogP contribution in [-0.2, 0) is 0 Å². The van der Waals surface area contributed by atoms with Crippen LogP contribution in [0.15, 0.2) is 173 Å². The van der Waals surface area contributed by atoms with Gasteiger partial charge in [-0.15, -0.1) is 0 Å². The first kappa shape index (κ1) is 28.2. The van der Waals surface area contributed by atoms with Gasteiger partial charge in [0.25, 0.3) is 0 Å². The maximum Gasteiger partial charge on any atom is 0.164 e. The van der Waals surface area contributed by atoms with Crippen molar-refractivity contribution in [3.8, 4) is 56.4 Å². The van der Waals surface area contributed by atoms with E-state index in [1.807, 2.05) is 84.9 Å². The number of hydrogen-bond donors (Lipinski definition) is 0. The molecule has 10 rings (SSSR count). The summed E-state index contributed by atoms with van der Waals surface area (Å²) in [6, 6.07) is 55.8. The summed E-state index contributed by atoms with van der Waals surface area (Å²) in [4.78, 5) is 15.0. The number of para-hydroxylation sites is 1. The van der Waals surface area contributed by atoms with Crippen molar-refractivity contribution in [1.29, 1.82) is 0 Å². The molecule has 0 aliphatic heterocycles. The maximum atomic E-state index is 6.31. The molecule has 5 nitrogen and oxygen atoms in total. The molecular weight excluding hydrogens is 615 g/mol. The lowest BCUT2D eigenvalue weighted by molar-refractivity contribution is 0.664. The van der Waals surface area contributed by atoms with Gasteiger partial charge in [0.15, 0.2) is 17.5 Å². The molecule has 0 bridgehead atoms. The summed E-state index contributed by atoms with van der Waals surface area (Å²) in [6.45, 7) is 0. The predicted molar refractivity (Wildman–Crippen MR) is 202 cm³/mol. The molecule has 3 heterocycles. The molecule has 10 aromatic rings. The third-order valence-electron chi connectivity index (χ3n) is 9.37. The standard InChI is InChI=1S/C45H27N3O2/c1-3-11-29(12-4-1)33-15-7-8-17-35(33)45-47-43(30-13-5-2-6-14-30)46-44(48-45)31-21-19-28(20-22-31)32-23-24-40-36(25-32)38-27-41-37(26-42(38)50-40)34-16-9-10-18-39(34)49-41/h1-27H. The summed E-state index contributed by atoms with van der Waals surface area (Å²) < 4.78 is 12.5. The summed E-state index contributed by atoms with van der Waals surface area (Å²) >= 11 is 0. The van der Waals surface area contributed by atoms with E-state index in [9.17, 15) is 0 Å². The smallest absolute Gasteiger partial charge is 0.164 e. The van der Waals surface area contributed by atoms with Crippen molar-refractivity contribution in [2.24, 2.45) is 0 Å². The van der Waals surface area contributed by atoms with Crippen LogP contribution in [0, 0.1) is 0 Å². The summed E-state index contributed by atoms with van der Waals surface area (Å²) in [5, 5.41) is 4.23. The van der Waals surface area contributed by atoms with Gasteiger partial charge in [0.2, 0.25) is 0 Å².